The minimum atomic E-state index is -1.11. The summed E-state index contributed by atoms with van der Waals surface area (Å²) in [7, 11) is 3.44. The molecule has 1 aromatic heterocycles. The zero-order valence-corrected chi connectivity index (χ0v) is 15.8. The summed E-state index contributed by atoms with van der Waals surface area (Å²) in [6.07, 6.45) is 0.0992. The smallest absolute Gasteiger partial charge is 0.225 e. The third-order valence-corrected chi connectivity index (χ3v) is 5.20. The van der Waals surface area contributed by atoms with Gasteiger partial charge in [-0.05, 0) is 19.9 Å². The summed E-state index contributed by atoms with van der Waals surface area (Å²) < 4.78 is 12.6. The number of hydrogen-bond donors (Lipinski definition) is 3. The minimum absolute atomic E-state index is 0.0390. The van der Waals surface area contributed by atoms with Crippen molar-refractivity contribution in [1.82, 2.24) is 25.2 Å². The fraction of sp³-hybridized carbons (Fsp3) is 0.824. The van der Waals surface area contributed by atoms with Crippen molar-refractivity contribution < 1.29 is 24.5 Å². The fourth-order valence-electron chi connectivity index (χ4n) is 3.84. The van der Waals surface area contributed by atoms with E-state index in [0.29, 0.717) is 19.7 Å². The molecule has 10 nitrogen and oxygen atoms in total. The molecule has 10 heteroatoms. The molecule has 2 aliphatic heterocycles. The largest absolute Gasteiger partial charge is 0.388 e. The van der Waals surface area contributed by atoms with Gasteiger partial charge in [0.15, 0.2) is 0 Å². The Kier molecular flexibility index (Phi) is 6.77. The van der Waals surface area contributed by atoms with Crippen molar-refractivity contribution >= 4 is 5.91 Å². The number of ether oxygens (including phenoxy) is 2. The van der Waals surface area contributed by atoms with Crippen LogP contribution in [-0.2, 0) is 27.4 Å². The summed E-state index contributed by atoms with van der Waals surface area (Å²) in [6.45, 7) is 2.04. The molecule has 0 spiro atoms. The van der Waals surface area contributed by atoms with Crippen molar-refractivity contribution in [2.24, 2.45) is 0 Å². The molecule has 0 bridgehead atoms. The van der Waals surface area contributed by atoms with Gasteiger partial charge in [-0.1, -0.05) is 5.21 Å². The highest BCUT2D eigenvalue weighted by atomic mass is 16.5. The molecule has 27 heavy (non-hydrogen) atoms. The number of methoxy groups -OCH3 is 1. The third kappa shape index (κ3) is 4.64. The summed E-state index contributed by atoms with van der Waals surface area (Å²) in [4.78, 5) is 14.4. The lowest BCUT2D eigenvalue weighted by Crippen LogP contribution is -2.41. The van der Waals surface area contributed by atoms with Crippen LogP contribution in [0.25, 0.3) is 0 Å². The molecule has 3 N–H and O–H groups in total. The number of nitrogens with one attached hydrogen (secondary N) is 1. The van der Waals surface area contributed by atoms with E-state index in [0.717, 1.165) is 18.5 Å². The van der Waals surface area contributed by atoms with Crippen molar-refractivity contribution in [2.75, 3.05) is 27.3 Å². The molecule has 3 heterocycles. The van der Waals surface area contributed by atoms with Crippen LogP contribution in [0.1, 0.15) is 25.0 Å². The second-order valence-electron chi connectivity index (χ2n) is 7.20. The zero-order chi connectivity index (χ0) is 19.4. The van der Waals surface area contributed by atoms with E-state index in [4.69, 9.17) is 9.47 Å². The molecule has 152 valence electrons. The molecule has 2 aliphatic rings. The SMILES string of the molecule is CNCc1cn(C[C@H]2O[C@@H](CC(=O)N3CCC[C@@H]3COC)[C@H](O)[C@@H]2O)nn1. The van der Waals surface area contributed by atoms with E-state index < -0.39 is 24.4 Å². The van der Waals surface area contributed by atoms with Gasteiger partial charge in [0.2, 0.25) is 5.91 Å². The first-order valence-corrected chi connectivity index (χ1v) is 9.37. The Bertz CT molecular complexity index is 627. The molecule has 1 aromatic rings. The predicted molar refractivity (Wildman–Crippen MR) is 94.7 cm³/mol. The average molecular weight is 383 g/mol. The van der Waals surface area contributed by atoms with Crippen LogP contribution in [0.3, 0.4) is 0 Å². The molecule has 0 radical (unpaired) electrons. The summed E-state index contributed by atoms with van der Waals surface area (Å²) in [5, 5.41) is 31.7. The van der Waals surface area contributed by atoms with E-state index in [2.05, 4.69) is 15.6 Å². The van der Waals surface area contributed by atoms with Gasteiger partial charge in [0, 0.05) is 26.4 Å². The summed E-state index contributed by atoms with van der Waals surface area (Å²) in [5.41, 5.74) is 0.774. The first kappa shape index (κ1) is 20.2. The number of carbonyl (C=O) groups is 1. The molecule has 1 amide bonds. The first-order chi connectivity index (χ1) is 13.0. The summed E-state index contributed by atoms with van der Waals surface area (Å²) in [6, 6.07) is 0.0718. The monoisotopic (exact) mass is 383 g/mol. The van der Waals surface area contributed by atoms with Crippen molar-refractivity contribution in [1.29, 1.82) is 0 Å². The number of aliphatic hydroxyl groups excluding tert-OH is 2. The van der Waals surface area contributed by atoms with Crippen molar-refractivity contribution in [3.05, 3.63) is 11.9 Å². The van der Waals surface area contributed by atoms with Gasteiger partial charge in [-0.3, -0.25) is 4.79 Å². The second-order valence-corrected chi connectivity index (χ2v) is 7.20. The van der Waals surface area contributed by atoms with E-state index in [9.17, 15) is 15.0 Å². The van der Waals surface area contributed by atoms with Crippen LogP contribution in [0.5, 0.6) is 0 Å². The Morgan fingerprint density at radius 3 is 2.93 bits per heavy atom. The number of rotatable bonds is 8. The van der Waals surface area contributed by atoms with Crippen molar-refractivity contribution in [3.8, 4) is 0 Å². The maximum absolute atomic E-state index is 12.6. The van der Waals surface area contributed by atoms with Crippen LogP contribution in [0.2, 0.25) is 0 Å². The van der Waals surface area contributed by atoms with Crippen LogP contribution in [0.4, 0.5) is 0 Å². The third-order valence-electron chi connectivity index (χ3n) is 5.20. The van der Waals surface area contributed by atoms with Crippen LogP contribution >= 0.6 is 0 Å². The van der Waals surface area contributed by atoms with E-state index in [1.165, 1.54) is 0 Å². The van der Waals surface area contributed by atoms with Gasteiger partial charge in [0.05, 0.1) is 37.4 Å². The van der Waals surface area contributed by atoms with Gasteiger partial charge in [-0.25, -0.2) is 4.68 Å². The van der Waals surface area contributed by atoms with Gasteiger partial charge >= 0.3 is 0 Å². The summed E-state index contributed by atoms with van der Waals surface area (Å²) >= 11 is 0. The lowest BCUT2D eigenvalue weighted by molar-refractivity contribution is -0.137. The standard InChI is InChI=1S/C17H29N5O5/c1-18-7-11-8-21(20-19-11)9-14-17(25)16(24)13(27-14)6-15(23)22-5-3-4-12(22)10-26-2/h8,12-14,16-18,24-25H,3-7,9-10H2,1-2H3/t12-,13+,14-,16+,17-/m1/s1. The highest BCUT2D eigenvalue weighted by Crippen LogP contribution is 2.27. The minimum Gasteiger partial charge on any atom is -0.388 e. The quantitative estimate of drug-likeness (QED) is 0.497. The van der Waals surface area contributed by atoms with Gasteiger partial charge in [-0.15, -0.1) is 5.10 Å². The van der Waals surface area contributed by atoms with Crippen LogP contribution in [0, 0.1) is 0 Å². The molecular weight excluding hydrogens is 354 g/mol. The molecule has 3 rings (SSSR count). The van der Waals surface area contributed by atoms with Crippen molar-refractivity contribution in [3.63, 3.8) is 0 Å². The molecular formula is C17H29N5O5. The maximum Gasteiger partial charge on any atom is 0.225 e. The van der Waals surface area contributed by atoms with Gasteiger partial charge in [0.1, 0.15) is 18.3 Å². The van der Waals surface area contributed by atoms with Crippen molar-refractivity contribution in [2.45, 2.75) is 62.8 Å². The number of aromatic nitrogens is 3. The molecule has 0 saturated carbocycles. The topological polar surface area (TPSA) is 122 Å². The normalized spacial score (nSPS) is 31.0. The Morgan fingerprint density at radius 2 is 2.19 bits per heavy atom. The lowest BCUT2D eigenvalue weighted by Gasteiger charge is -2.26. The molecule has 2 fully saturated rings. The number of amides is 1. The van der Waals surface area contributed by atoms with Gasteiger partial charge in [-0.2, -0.15) is 0 Å². The Balaban J connectivity index is 1.56. The van der Waals surface area contributed by atoms with E-state index in [-0.39, 0.29) is 24.9 Å². The van der Waals surface area contributed by atoms with E-state index in [1.807, 2.05) is 7.05 Å². The van der Waals surface area contributed by atoms with Crippen LogP contribution in [0.15, 0.2) is 6.20 Å². The number of hydrogen-bond acceptors (Lipinski definition) is 8. The molecule has 5 atom stereocenters. The predicted octanol–water partition coefficient (Wildman–Crippen LogP) is -1.49. The highest BCUT2D eigenvalue weighted by molar-refractivity contribution is 5.77. The highest BCUT2D eigenvalue weighted by Gasteiger charge is 2.44. The molecule has 0 unspecified atom stereocenters. The second kappa shape index (κ2) is 9.07. The lowest BCUT2D eigenvalue weighted by atomic mass is 10.0. The number of carbonyl (C=O) groups excluding carboxylic acids is 1. The Morgan fingerprint density at radius 1 is 1.41 bits per heavy atom. The van der Waals surface area contributed by atoms with E-state index >= 15 is 0 Å². The molecule has 0 aliphatic carbocycles. The molecule has 0 aromatic carbocycles. The first-order valence-electron chi connectivity index (χ1n) is 9.37. The number of likely N-dealkylation sites (tertiary alicyclic amines) is 1. The zero-order valence-electron chi connectivity index (χ0n) is 15.8. The van der Waals surface area contributed by atoms with Crippen LogP contribution in [-0.4, -0.2) is 93.8 Å². The average Bonchev–Trinajstić information content (AvgIpc) is 3.34. The summed E-state index contributed by atoms with van der Waals surface area (Å²) in [5.74, 6) is -0.0801. The molecule has 2 saturated heterocycles. The Hall–Kier alpha value is -1.59. The van der Waals surface area contributed by atoms with E-state index in [1.54, 1.807) is 22.9 Å². The number of nitrogens with zero attached hydrogens (tertiary/aromatic N) is 4. The van der Waals surface area contributed by atoms with Gasteiger partial charge < -0.3 is 29.9 Å². The fourth-order valence-corrected chi connectivity index (χ4v) is 3.84. The number of aliphatic hydroxyl groups is 2. The van der Waals surface area contributed by atoms with Gasteiger partial charge in [0.25, 0.3) is 0 Å². The maximum atomic E-state index is 12.6. The van der Waals surface area contributed by atoms with Crippen LogP contribution < -0.4 is 5.32 Å². The Labute approximate surface area is 158 Å².